The van der Waals surface area contributed by atoms with Crippen LogP contribution in [0.15, 0.2) is 12.4 Å². The number of aryl methyl sites for hydroxylation is 1. The Balaban J connectivity index is 2.48. The van der Waals surface area contributed by atoms with Crippen molar-refractivity contribution in [1.82, 2.24) is 15.1 Å². The van der Waals surface area contributed by atoms with Gasteiger partial charge in [-0.3, -0.25) is 4.68 Å². The molecule has 1 heterocycles. The average Bonchev–Trinajstić information content (AvgIpc) is 2.64. The third-order valence-electron chi connectivity index (χ3n) is 2.84. The highest BCUT2D eigenvalue weighted by molar-refractivity contribution is 5.09. The third kappa shape index (κ3) is 3.97. The van der Waals surface area contributed by atoms with Gasteiger partial charge in [-0.25, -0.2) is 0 Å². The summed E-state index contributed by atoms with van der Waals surface area (Å²) in [7, 11) is 0. The van der Waals surface area contributed by atoms with E-state index < -0.39 is 0 Å². The number of hydrogen-bond donors (Lipinski definition) is 1. The Labute approximate surface area is 99.2 Å². The van der Waals surface area contributed by atoms with Crippen molar-refractivity contribution in [2.75, 3.05) is 0 Å². The van der Waals surface area contributed by atoms with Crippen LogP contribution in [0, 0.1) is 5.92 Å². The summed E-state index contributed by atoms with van der Waals surface area (Å²) in [5.41, 5.74) is 1.28. The summed E-state index contributed by atoms with van der Waals surface area (Å²) in [4.78, 5) is 0. The van der Waals surface area contributed by atoms with Crippen LogP contribution in [0.5, 0.6) is 0 Å². The molecule has 1 rings (SSSR count). The SMILES string of the molecule is CCn1cc(C(C)NC(C)CC(C)C)cn1. The third-order valence-corrected chi connectivity index (χ3v) is 2.84. The van der Waals surface area contributed by atoms with Crippen LogP contribution in [-0.2, 0) is 6.54 Å². The molecule has 3 nitrogen and oxygen atoms in total. The van der Waals surface area contributed by atoms with Crippen molar-refractivity contribution in [3.63, 3.8) is 0 Å². The van der Waals surface area contributed by atoms with Crippen molar-refractivity contribution in [2.45, 2.75) is 59.7 Å². The van der Waals surface area contributed by atoms with Crippen LogP contribution in [0.4, 0.5) is 0 Å². The molecule has 0 aromatic carbocycles. The molecule has 2 unspecified atom stereocenters. The van der Waals surface area contributed by atoms with Crippen molar-refractivity contribution in [3.8, 4) is 0 Å². The van der Waals surface area contributed by atoms with E-state index in [0.29, 0.717) is 12.1 Å². The molecule has 2 atom stereocenters. The number of aromatic nitrogens is 2. The first kappa shape index (κ1) is 13.2. The van der Waals surface area contributed by atoms with E-state index in [1.807, 2.05) is 10.9 Å². The molecule has 3 heteroatoms. The summed E-state index contributed by atoms with van der Waals surface area (Å²) >= 11 is 0. The van der Waals surface area contributed by atoms with Gasteiger partial charge in [-0.2, -0.15) is 5.10 Å². The van der Waals surface area contributed by atoms with Gasteiger partial charge in [0.2, 0.25) is 0 Å². The zero-order valence-electron chi connectivity index (χ0n) is 11.2. The van der Waals surface area contributed by atoms with Gasteiger partial charge in [0.15, 0.2) is 0 Å². The maximum Gasteiger partial charge on any atom is 0.0537 e. The topological polar surface area (TPSA) is 29.9 Å². The molecule has 0 fully saturated rings. The zero-order chi connectivity index (χ0) is 12.1. The van der Waals surface area contributed by atoms with Crippen LogP contribution >= 0.6 is 0 Å². The summed E-state index contributed by atoms with van der Waals surface area (Å²) in [6.45, 7) is 12.0. The van der Waals surface area contributed by atoms with Crippen LogP contribution in [0.1, 0.15) is 52.6 Å². The molecule has 0 bridgehead atoms. The van der Waals surface area contributed by atoms with Crippen LogP contribution < -0.4 is 5.32 Å². The Morgan fingerprint density at radius 3 is 2.50 bits per heavy atom. The predicted octanol–water partition coefficient (Wildman–Crippen LogP) is 2.99. The van der Waals surface area contributed by atoms with Crippen LogP contribution in [-0.4, -0.2) is 15.8 Å². The molecule has 1 aromatic heterocycles. The normalized spacial score (nSPS) is 15.4. The Bertz CT molecular complexity index is 304. The van der Waals surface area contributed by atoms with Crippen molar-refractivity contribution in [2.24, 2.45) is 5.92 Å². The first-order valence-corrected chi connectivity index (χ1v) is 6.31. The standard InChI is InChI=1S/C13H25N3/c1-6-16-9-13(8-14-16)12(5)15-11(4)7-10(2)3/h8-12,15H,6-7H2,1-5H3. The summed E-state index contributed by atoms with van der Waals surface area (Å²) in [6.07, 6.45) is 5.30. The fourth-order valence-electron chi connectivity index (χ4n) is 2.07. The molecule has 1 aromatic rings. The van der Waals surface area contributed by atoms with Crippen molar-refractivity contribution >= 4 is 0 Å². The van der Waals surface area contributed by atoms with Crippen LogP contribution in [0.25, 0.3) is 0 Å². The number of nitrogens with zero attached hydrogens (tertiary/aromatic N) is 2. The quantitative estimate of drug-likeness (QED) is 0.803. The van der Waals surface area contributed by atoms with Crippen LogP contribution in [0.2, 0.25) is 0 Å². The second kappa shape index (κ2) is 6.04. The van der Waals surface area contributed by atoms with Gasteiger partial charge in [-0.05, 0) is 33.1 Å². The molecule has 0 aliphatic heterocycles. The highest BCUT2D eigenvalue weighted by Gasteiger charge is 2.11. The minimum absolute atomic E-state index is 0.383. The highest BCUT2D eigenvalue weighted by atomic mass is 15.3. The first-order valence-electron chi connectivity index (χ1n) is 6.31. The van der Waals surface area contributed by atoms with E-state index >= 15 is 0 Å². The Morgan fingerprint density at radius 1 is 1.31 bits per heavy atom. The summed E-state index contributed by atoms with van der Waals surface area (Å²) < 4.78 is 1.97. The van der Waals surface area contributed by atoms with E-state index in [4.69, 9.17) is 0 Å². The fraction of sp³-hybridized carbons (Fsp3) is 0.769. The molecule has 0 radical (unpaired) electrons. The Hall–Kier alpha value is -0.830. The molecule has 0 saturated carbocycles. The maximum atomic E-state index is 4.30. The van der Waals surface area contributed by atoms with Gasteiger partial charge in [-0.1, -0.05) is 13.8 Å². The number of hydrogen-bond acceptors (Lipinski definition) is 2. The highest BCUT2D eigenvalue weighted by Crippen LogP contribution is 2.14. The average molecular weight is 223 g/mol. The second-order valence-electron chi connectivity index (χ2n) is 5.05. The molecule has 0 aliphatic rings. The lowest BCUT2D eigenvalue weighted by molar-refractivity contribution is 0.406. The molecular weight excluding hydrogens is 198 g/mol. The first-order chi connectivity index (χ1) is 7.52. The predicted molar refractivity (Wildman–Crippen MR) is 68.4 cm³/mol. The monoisotopic (exact) mass is 223 g/mol. The lowest BCUT2D eigenvalue weighted by Crippen LogP contribution is -2.29. The Morgan fingerprint density at radius 2 is 2.00 bits per heavy atom. The van der Waals surface area contributed by atoms with E-state index in [2.05, 4.69) is 51.2 Å². The minimum atomic E-state index is 0.383. The molecule has 0 saturated heterocycles. The zero-order valence-corrected chi connectivity index (χ0v) is 11.2. The van der Waals surface area contributed by atoms with Gasteiger partial charge in [0, 0.05) is 30.4 Å². The van der Waals surface area contributed by atoms with E-state index in [1.165, 1.54) is 12.0 Å². The summed E-state index contributed by atoms with van der Waals surface area (Å²) in [5, 5.41) is 7.91. The smallest absolute Gasteiger partial charge is 0.0537 e. The molecule has 92 valence electrons. The lowest BCUT2D eigenvalue weighted by Gasteiger charge is -2.20. The van der Waals surface area contributed by atoms with Gasteiger partial charge in [0.1, 0.15) is 0 Å². The van der Waals surface area contributed by atoms with Gasteiger partial charge >= 0.3 is 0 Å². The second-order valence-corrected chi connectivity index (χ2v) is 5.05. The van der Waals surface area contributed by atoms with Gasteiger partial charge in [0.25, 0.3) is 0 Å². The van der Waals surface area contributed by atoms with E-state index in [9.17, 15) is 0 Å². The molecule has 0 amide bonds. The molecular formula is C13H25N3. The minimum Gasteiger partial charge on any atom is -0.308 e. The van der Waals surface area contributed by atoms with E-state index in [-0.39, 0.29) is 0 Å². The molecule has 16 heavy (non-hydrogen) atoms. The van der Waals surface area contributed by atoms with Crippen molar-refractivity contribution in [1.29, 1.82) is 0 Å². The number of rotatable bonds is 6. The fourth-order valence-corrected chi connectivity index (χ4v) is 2.07. The largest absolute Gasteiger partial charge is 0.308 e. The maximum absolute atomic E-state index is 4.30. The van der Waals surface area contributed by atoms with Crippen molar-refractivity contribution in [3.05, 3.63) is 18.0 Å². The van der Waals surface area contributed by atoms with Crippen molar-refractivity contribution < 1.29 is 0 Å². The number of nitrogens with one attached hydrogen (secondary N) is 1. The van der Waals surface area contributed by atoms with Crippen LogP contribution in [0.3, 0.4) is 0 Å². The van der Waals surface area contributed by atoms with Gasteiger partial charge < -0.3 is 5.32 Å². The van der Waals surface area contributed by atoms with E-state index in [0.717, 1.165) is 12.5 Å². The summed E-state index contributed by atoms with van der Waals surface area (Å²) in [5.74, 6) is 0.744. The van der Waals surface area contributed by atoms with E-state index in [1.54, 1.807) is 0 Å². The lowest BCUT2D eigenvalue weighted by atomic mass is 10.0. The summed E-state index contributed by atoms with van der Waals surface area (Å²) in [6, 6.07) is 0.939. The van der Waals surface area contributed by atoms with Gasteiger partial charge in [0.05, 0.1) is 6.20 Å². The molecule has 1 N–H and O–H groups in total. The Kier molecular flexibility index (Phi) is 5.00. The molecule has 0 spiro atoms. The molecule has 0 aliphatic carbocycles. The van der Waals surface area contributed by atoms with Gasteiger partial charge in [-0.15, -0.1) is 0 Å².